The Kier molecular flexibility index (Phi) is 17.5. The summed E-state index contributed by atoms with van der Waals surface area (Å²) in [5.74, 6) is 2.00. The van der Waals surface area contributed by atoms with Gasteiger partial charge in [0.2, 0.25) is 0 Å². The number of ether oxygens (including phenoxy) is 6. The highest BCUT2D eigenvalue weighted by molar-refractivity contribution is 5.97. The lowest BCUT2D eigenvalue weighted by atomic mass is 10.1. The highest BCUT2D eigenvalue weighted by atomic mass is 16.5. The normalized spacial score (nSPS) is 10.9. The van der Waals surface area contributed by atoms with E-state index in [0.717, 1.165) is 74.1 Å². The van der Waals surface area contributed by atoms with Crippen LogP contribution in [0.4, 0.5) is 11.4 Å². The highest BCUT2D eigenvalue weighted by Crippen LogP contribution is 2.28. The van der Waals surface area contributed by atoms with Crippen LogP contribution in [-0.4, -0.2) is 38.4 Å². The summed E-state index contributed by atoms with van der Waals surface area (Å²) < 4.78 is 34.3. The van der Waals surface area contributed by atoms with E-state index in [1.165, 1.54) is 23.8 Å². The van der Waals surface area contributed by atoms with E-state index in [1.807, 2.05) is 68.4 Å². The molecule has 0 fully saturated rings. The van der Waals surface area contributed by atoms with Gasteiger partial charge in [0.1, 0.15) is 40.1 Å². The van der Waals surface area contributed by atoms with E-state index in [2.05, 4.69) is 34.5 Å². The molecule has 0 heterocycles. The van der Waals surface area contributed by atoms with Gasteiger partial charge in [-0.2, -0.15) is 10.2 Å². The quantitative estimate of drug-likeness (QED) is 0.0256. The van der Waals surface area contributed by atoms with Gasteiger partial charge in [0.25, 0.3) is 0 Å². The summed E-state index contributed by atoms with van der Waals surface area (Å²) in [5.41, 5.74) is 4.35. The summed E-state index contributed by atoms with van der Waals surface area (Å²) in [6.07, 6.45) is 8.36. The zero-order valence-corrected chi connectivity index (χ0v) is 35.5. The van der Waals surface area contributed by atoms with Gasteiger partial charge in [0, 0.05) is 0 Å². The fraction of sp³-hybridized carbons (Fsp3) is 0.269. The van der Waals surface area contributed by atoms with Crippen molar-refractivity contribution in [3.63, 3.8) is 0 Å². The minimum Gasteiger partial charge on any atom is -0.494 e. The maximum Gasteiger partial charge on any atom is 0.347 e. The summed E-state index contributed by atoms with van der Waals surface area (Å²) in [4.78, 5) is 26.4. The summed E-state index contributed by atoms with van der Waals surface area (Å²) in [7, 11) is 0. The third-order valence-electron chi connectivity index (χ3n) is 9.78. The average molecular weight is 835 g/mol. The Morgan fingerprint density at radius 3 is 1.40 bits per heavy atom. The molecular formula is C52H54N2O8. The molecule has 6 rings (SSSR count). The van der Waals surface area contributed by atoms with Crippen molar-refractivity contribution in [1.29, 1.82) is 0 Å². The predicted octanol–water partition coefficient (Wildman–Crippen LogP) is 13.6. The number of hydrogen-bond acceptors (Lipinski definition) is 10. The smallest absolute Gasteiger partial charge is 0.347 e. The average Bonchev–Trinajstić information content (AvgIpc) is 3.31. The lowest BCUT2D eigenvalue weighted by Gasteiger charge is -2.13. The Morgan fingerprint density at radius 2 is 0.855 bits per heavy atom. The van der Waals surface area contributed by atoms with Crippen LogP contribution in [0.3, 0.4) is 0 Å². The molecule has 0 unspecified atom stereocenters. The molecule has 62 heavy (non-hydrogen) atoms. The molecule has 0 aliphatic rings. The number of benzene rings is 6. The molecule has 0 amide bonds. The Labute approximate surface area is 364 Å². The fourth-order valence-electron chi connectivity index (χ4n) is 6.52. The number of rotatable bonds is 24. The standard InChI is InChI=1S/C52H54N2O8/c1-3-57-44-27-31-47(32-28-44)61-51(55)41-20-35-49(52(56)62-48-33-29-45(30-34-48)58-4-2)50(38-41)60-37-15-10-8-6-5-7-9-14-36-59-46-25-23-43(24-26-46)54-53-42-21-18-40(19-22-42)39-16-12-11-13-17-39/h11-13,16-35,38H,3-10,14-15,36-37H2,1-2H3. The Balaban J connectivity index is 0.882. The van der Waals surface area contributed by atoms with Crippen molar-refractivity contribution in [1.82, 2.24) is 0 Å². The van der Waals surface area contributed by atoms with Crippen LogP contribution in [-0.2, 0) is 0 Å². The van der Waals surface area contributed by atoms with Crippen molar-refractivity contribution >= 4 is 23.3 Å². The van der Waals surface area contributed by atoms with Crippen molar-refractivity contribution in [2.45, 2.75) is 65.2 Å². The summed E-state index contributed by atoms with van der Waals surface area (Å²) >= 11 is 0. The van der Waals surface area contributed by atoms with Gasteiger partial charge in [-0.15, -0.1) is 0 Å². The molecule has 10 heteroatoms. The van der Waals surface area contributed by atoms with Crippen molar-refractivity contribution in [2.24, 2.45) is 10.2 Å². The maximum absolute atomic E-state index is 13.3. The molecule has 0 saturated heterocycles. The number of nitrogens with zero attached hydrogens (tertiary/aromatic N) is 2. The SMILES string of the molecule is CCOc1ccc(OC(=O)c2ccc(C(=O)Oc3ccc(OCC)cc3)c(OCCCCCCCCCCOc3ccc(N=Nc4ccc(-c5ccccc5)cc4)cc3)c2)cc1. The van der Waals surface area contributed by atoms with E-state index < -0.39 is 11.9 Å². The minimum atomic E-state index is -0.598. The van der Waals surface area contributed by atoms with Crippen LogP contribution in [0.1, 0.15) is 85.9 Å². The van der Waals surface area contributed by atoms with E-state index in [-0.39, 0.29) is 16.9 Å². The molecule has 0 aromatic heterocycles. The molecule has 320 valence electrons. The molecule has 0 aliphatic carbocycles. The summed E-state index contributed by atoms with van der Waals surface area (Å²) in [5, 5.41) is 8.75. The zero-order valence-electron chi connectivity index (χ0n) is 35.5. The van der Waals surface area contributed by atoms with Crippen molar-refractivity contribution in [3.8, 4) is 45.6 Å². The molecule has 6 aromatic rings. The molecule has 0 spiro atoms. The third kappa shape index (κ3) is 14.4. The minimum absolute atomic E-state index is 0.209. The molecule has 0 radical (unpaired) electrons. The van der Waals surface area contributed by atoms with Crippen LogP contribution >= 0.6 is 0 Å². The van der Waals surface area contributed by atoms with E-state index in [0.29, 0.717) is 49.4 Å². The number of unbranched alkanes of at least 4 members (excludes halogenated alkanes) is 7. The van der Waals surface area contributed by atoms with Crippen LogP contribution in [0.5, 0.6) is 34.5 Å². The summed E-state index contributed by atoms with van der Waals surface area (Å²) in [6.45, 7) is 5.92. The molecule has 0 bridgehead atoms. The van der Waals surface area contributed by atoms with E-state index in [9.17, 15) is 9.59 Å². The molecule has 0 N–H and O–H groups in total. The lowest BCUT2D eigenvalue weighted by Crippen LogP contribution is -2.14. The second kappa shape index (κ2) is 24.3. The zero-order chi connectivity index (χ0) is 43.2. The molecule has 0 saturated carbocycles. The summed E-state index contributed by atoms with van der Waals surface area (Å²) in [6, 6.07) is 44.2. The molecular weight excluding hydrogens is 781 g/mol. The van der Waals surface area contributed by atoms with Crippen molar-refractivity contribution in [3.05, 3.63) is 157 Å². The van der Waals surface area contributed by atoms with Gasteiger partial charge in [-0.25, -0.2) is 9.59 Å². The third-order valence-corrected chi connectivity index (χ3v) is 9.78. The Bertz CT molecular complexity index is 2290. The number of carbonyl (C=O) groups excluding carboxylic acids is 2. The van der Waals surface area contributed by atoms with Crippen LogP contribution in [0.2, 0.25) is 0 Å². The topological polar surface area (TPSA) is 114 Å². The molecule has 0 atom stereocenters. The number of carbonyl (C=O) groups is 2. The van der Waals surface area contributed by atoms with E-state index in [1.54, 1.807) is 48.5 Å². The van der Waals surface area contributed by atoms with Crippen molar-refractivity contribution in [2.75, 3.05) is 26.4 Å². The van der Waals surface area contributed by atoms with Crippen LogP contribution < -0.4 is 28.4 Å². The second-order valence-electron chi connectivity index (χ2n) is 14.4. The first-order valence-electron chi connectivity index (χ1n) is 21.4. The van der Waals surface area contributed by atoms with Gasteiger partial charge >= 0.3 is 11.9 Å². The van der Waals surface area contributed by atoms with Gasteiger partial charge < -0.3 is 28.4 Å². The van der Waals surface area contributed by atoms with Crippen LogP contribution in [0.15, 0.2) is 156 Å². The number of azo groups is 1. The molecule has 0 aliphatic heterocycles. The Morgan fingerprint density at radius 1 is 0.419 bits per heavy atom. The lowest BCUT2D eigenvalue weighted by molar-refractivity contribution is 0.0716. The van der Waals surface area contributed by atoms with Gasteiger partial charge in [0.05, 0.1) is 43.4 Å². The van der Waals surface area contributed by atoms with Crippen LogP contribution in [0, 0.1) is 0 Å². The first-order chi connectivity index (χ1) is 30.5. The van der Waals surface area contributed by atoms with Crippen LogP contribution in [0.25, 0.3) is 11.1 Å². The first kappa shape index (κ1) is 44.6. The fourth-order valence-corrected chi connectivity index (χ4v) is 6.52. The largest absolute Gasteiger partial charge is 0.494 e. The van der Waals surface area contributed by atoms with E-state index in [4.69, 9.17) is 28.4 Å². The van der Waals surface area contributed by atoms with E-state index >= 15 is 0 Å². The first-order valence-corrected chi connectivity index (χ1v) is 21.4. The Hall–Kier alpha value is -6.94. The van der Waals surface area contributed by atoms with Gasteiger partial charge in [0.15, 0.2) is 0 Å². The van der Waals surface area contributed by atoms with Crippen molar-refractivity contribution < 1.29 is 38.0 Å². The van der Waals surface area contributed by atoms with Gasteiger partial charge in [-0.1, -0.05) is 81.0 Å². The monoisotopic (exact) mass is 834 g/mol. The predicted molar refractivity (Wildman–Crippen MR) is 242 cm³/mol. The molecule has 6 aromatic carbocycles. The maximum atomic E-state index is 13.3. The number of esters is 2. The highest BCUT2D eigenvalue weighted by Gasteiger charge is 2.19. The second-order valence-corrected chi connectivity index (χ2v) is 14.4. The van der Waals surface area contributed by atoms with Gasteiger partial charge in [-0.3, -0.25) is 0 Å². The molecule has 10 nitrogen and oxygen atoms in total. The van der Waals surface area contributed by atoms with Gasteiger partial charge in [-0.05, 0) is 141 Å². The number of hydrogen-bond donors (Lipinski definition) is 0.